The average Bonchev–Trinajstić information content (AvgIpc) is 2.46. The summed E-state index contributed by atoms with van der Waals surface area (Å²) in [6, 6.07) is -1.16. The molecule has 0 spiro atoms. The van der Waals surface area contributed by atoms with Crippen LogP contribution < -0.4 is 10.6 Å². The number of aldehydes is 3. The molecule has 0 aliphatic carbocycles. The number of nitrogens with one attached hydrogen (secondary N) is 2. The first-order chi connectivity index (χ1) is 5.31. The lowest BCUT2D eigenvalue weighted by atomic mass is 10.2. The topological polar surface area (TPSA) is 75.3 Å². The lowest BCUT2D eigenvalue weighted by Gasteiger charge is -2.02. The molecule has 2 atom stereocenters. The Morgan fingerprint density at radius 1 is 0.769 bits per heavy atom. The van der Waals surface area contributed by atoms with E-state index in [-0.39, 0.29) is 24.8 Å². The Bertz CT molecular complexity index is 175. The van der Waals surface area contributed by atoms with E-state index < -0.39 is 18.2 Å². The van der Waals surface area contributed by atoms with Crippen molar-refractivity contribution in [1.82, 2.24) is 10.6 Å². The second-order valence-corrected chi connectivity index (χ2v) is 2.27. The van der Waals surface area contributed by atoms with E-state index in [0.717, 1.165) is 0 Å². The molecule has 0 aromatic heterocycles. The van der Waals surface area contributed by atoms with Gasteiger partial charge in [0.2, 0.25) is 0 Å². The van der Waals surface area contributed by atoms with Crippen LogP contribution in [0.3, 0.4) is 0 Å². The fourth-order valence-electron chi connectivity index (χ4n) is 0.997. The van der Waals surface area contributed by atoms with Gasteiger partial charge in [-0.2, -0.15) is 0 Å². The number of halogens is 2. The van der Waals surface area contributed by atoms with Gasteiger partial charge in [-0.15, -0.1) is 24.8 Å². The van der Waals surface area contributed by atoms with E-state index in [1.54, 1.807) is 0 Å². The molecule has 1 aliphatic rings. The molecule has 0 aromatic carbocycles. The van der Waals surface area contributed by atoms with Crippen LogP contribution in [-0.2, 0) is 14.4 Å². The van der Waals surface area contributed by atoms with Crippen LogP contribution >= 0.6 is 24.8 Å². The van der Waals surface area contributed by atoms with E-state index in [1.165, 1.54) is 0 Å². The highest BCUT2D eigenvalue weighted by molar-refractivity contribution is 5.85. The van der Waals surface area contributed by atoms with Gasteiger partial charge in [0.1, 0.15) is 18.7 Å². The van der Waals surface area contributed by atoms with Gasteiger partial charge in [0, 0.05) is 0 Å². The molecule has 1 fully saturated rings. The SMILES string of the molecule is Cl.Cl.O=CC1NC(C=O)C(C=O)N1. The van der Waals surface area contributed by atoms with Gasteiger partial charge >= 0.3 is 0 Å². The Hall–Kier alpha value is -0.490. The predicted molar refractivity (Wildman–Crippen MR) is 50.3 cm³/mol. The predicted octanol–water partition coefficient (Wildman–Crippen LogP) is -1.32. The number of carbonyl (C=O) groups is 3. The summed E-state index contributed by atoms with van der Waals surface area (Å²) in [5.74, 6) is 0. The normalized spacial score (nSPS) is 30.9. The third-order valence-electron chi connectivity index (χ3n) is 1.56. The first-order valence-corrected chi connectivity index (χ1v) is 3.20. The molecule has 1 heterocycles. The summed E-state index contributed by atoms with van der Waals surface area (Å²) in [5.41, 5.74) is 0. The number of hydrogen-bond acceptors (Lipinski definition) is 5. The molecule has 0 aromatic rings. The third-order valence-corrected chi connectivity index (χ3v) is 1.56. The fourth-order valence-corrected chi connectivity index (χ4v) is 0.997. The van der Waals surface area contributed by atoms with Crippen molar-refractivity contribution in [3.8, 4) is 0 Å². The van der Waals surface area contributed by atoms with Crippen molar-refractivity contribution in [3.05, 3.63) is 0 Å². The Kier molecular flexibility index (Phi) is 8.04. The third kappa shape index (κ3) is 3.40. The second kappa shape index (κ2) is 6.97. The van der Waals surface area contributed by atoms with Crippen molar-refractivity contribution < 1.29 is 14.4 Å². The van der Waals surface area contributed by atoms with Gasteiger partial charge in [0.15, 0.2) is 6.29 Å². The van der Waals surface area contributed by atoms with Gasteiger partial charge in [0.25, 0.3) is 0 Å². The standard InChI is InChI=1S/C6H8N2O3.2ClH/c9-1-4-5(2-10)8-6(3-11)7-4;;/h1-8H;2*1H. The number of hydrogen-bond donors (Lipinski definition) is 2. The maximum atomic E-state index is 10.3. The molecule has 0 radical (unpaired) electrons. The van der Waals surface area contributed by atoms with E-state index in [0.29, 0.717) is 18.9 Å². The van der Waals surface area contributed by atoms with E-state index in [9.17, 15) is 14.4 Å². The van der Waals surface area contributed by atoms with Crippen molar-refractivity contribution in [2.45, 2.75) is 18.2 Å². The van der Waals surface area contributed by atoms with Crippen molar-refractivity contribution in [2.75, 3.05) is 0 Å². The summed E-state index contributed by atoms with van der Waals surface area (Å²) in [6.45, 7) is 0. The first kappa shape index (κ1) is 15.0. The number of rotatable bonds is 3. The van der Waals surface area contributed by atoms with Crippen LogP contribution in [-0.4, -0.2) is 37.1 Å². The minimum atomic E-state index is -0.583. The zero-order valence-electron chi connectivity index (χ0n) is 6.51. The lowest BCUT2D eigenvalue weighted by molar-refractivity contribution is -0.114. The fraction of sp³-hybridized carbons (Fsp3) is 0.500. The molecule has 7 heteroatoms. The van der Waals surface area contributed by atoms with E-state index in [4.69, 9.17) is 0 Å². The smallest absolute Gasteiger partial charge is 0.151 e. The van der Waals surface area contributed by atoms with Crippen LogP contribution in [0.25, 0.3) is 0 Å². The maximum absolute atomic E-state index is 10.3. The van der Waals surface area contributed by atoms with Crippen LogP contribution in [0.2, 0.25) is 0 Å². The van der Waals surface area contributed by atoms with Crippen molar-refractivity contribution in [3.63, 3.8) is 0 Å². The van der Waals surface area contributed by atoms with Gasteiger partial charge < -0.3 is 14.4 Å². The summed E-state index contributed by atoms with van der Waals surface area (Å²) in [7, 11) is 0. The monoisotopic (exact) mass is 228 g/mol. The van der Waals surface area contributed by atoms with E-state index in [2.05, 4.69) is 10.6 Å². The summed E-state index contributed by atoms with van der Waals surface area (Å²) in [5, 5.41) is 5.23. The van der Waals surface area contributed by atoms with Gasteiger partial charge in [-0.05, 0) is 0 Å². The van der Waals surface area contributed by atoms with E-state index >= 15 is 0 Å². The highest BCUT2D eigenvalue weighted by Gasteiger charge is 2.31. The van der Waals surface area contributed by atoms with Crippen molar-refractivity contribution in [2.24, 2.45) is 0 Å². The molecule has 1 rings (SSSR count). The summed E-state index contributed by atoms with van der Waals surface area (Å²) >= 11 is 0. The highest BCUT2D eigenvalue weighted by Crippen LogP contribution is 1.97. The lowest BCUT2D eigenvalue weighted by Crippen LogP contribution is -2.35. The maximum Gasteiger partial charge on any atom is 0.151 e. The quantitative estimate of drug-likeness (QED) is 0.587. The van der Waals surface area contributed by atoms with Crippen LogP contribution in [0.4, 0.5) is 0 Å². The minimum absolute atomic E-state index is 0. The minimum Gasteiger partial charge on any atom is -0.302 e. The molecule has 13 heavy (non-hydrogen) atoms. The average molecular weight is 229 g/mol. The second-order valence-electron chi connectivity index (χ2n) is 2.27. The molecule has 1 saturated heterocycles. The molecule has 0 amide bonds. The molecule has 0 saturated carbocycles. The largest absolute Gasteiger partial charge is 0.302 e. The zero-order chi connectivity index (χ0) is 8.27. The Morgan fingerprint density at radius 2 is 1.15 bits per heavy atom. The summed E-state index contributed by atoms with van der Waals surface area (Å²) in [4.78, 5) is 30.7. The van der Waals surface area contributed by atoms with Gasteiger partial charge in [-0.3, -0.25) is 10.6 Å². The molecule has 5 nitrogen and oxygen atoms in total. The van der Waals surface area contributed by atoms with Crippen LogP contribution in [0.5, 0.6) is 0 Å². The molecule has 1 aliphatic heterocycles. The van der Waals surface area contributed by atoms with Gasteiger partial charge in [-0.1, -0.05) is 0 Å². The van der Waals surface area contributed by atoms with Crippen LogP contribution in [0.1, 0.15) is 0 Å². The molecule has 2 unspecified atom stereocenters. The molecule has 76 valence electrons. The highest BCUT2D eigenvalue weighted by atomic mass is 35.5. The molecule has 2 N–H and O–H groups in total. The van der Waals surface area contributed by atoms with Gasteiger partial charge in [0.05, 0.1) is 12.1 Å². The van der Waals surface area contributed by atoms with Crippen molar-refractivity contribution in [1.29, 1.82) is 0 Å². The number of carbonyl (C=O) groups excluding carboxylic acids is 3. The Labute approximate surface area is 87.4 Å². The van der Waals surface area contributed by atoms with Crippen LogP contribution in [0.15, 0.2) is 0 Å². The summed E-state index contributed by atoms with van der Waals surface area (Å²) in [6.07, 6.45) is 1.24. The van der Waals surface area contributed by atoms with Crippen LogP contribution in [0, 0.1) is 0 Å². The zero-order valence-corrected chi connectivity index (χ0v) is 8.14. The summed E-state index contributed by atoms with van der Waals surface area (Å²) < 4.78 is 0. The first-order valence-electron chi connectivity index (χ1n) is 3.20. The van der Waals surface area contributed by atoms with Gasteiger partial charge in [-0.25, -0.2) is 0 Å². The Balaban J connectivity index is 0. The van der Waals surface area contributed by atoms with Crippen molar-refractivity contribution >= 4 is 43.7 Å². The molecular formula is C6H10Cl2N2O3. The van der Waals surface area contributed by atoms with E-state index in [1.807, 2.05) is 0 Å². The molecular weight excluding hydrogens is 219 g/mol. The Morgan fingerprint density at radius 3 is 1.38 bits per heavy atom. The molecule has 0 bridgehead atoms.